The van der Waals surface area contributed by atoms with E-state index >= 15 is 0 Å². The summed E-state index contributed by atoms with van der Waals surface area (Å²) in [7, 11) is 0. The number of aliphatic hydroxyl groups excluding tert-OH is 1. The zero-order valence-electron chi connectivity index (χ0n) is 16.3. The maximum Gasteiger partial charge on any atom is 0.244 e. The Bertz CT molecular complexity index is 1280. The molecule has 1 rings (SSSR count). The lowest BCUT2D eigenvalue weighted by atomic mass is 10.1. The maximum atomic E-state index is 11.9. The van der Waals surface area contributed by atoms with E-state index in [1.807, 2.05) is 30.3 Å². The summed E-state index contributed by atoms with van der Waals surface area (Å²) in [5, 5.41) is 12.7. The molecular formula is C27H17NO2. The van der Waals surface area contributed by atoms with Crippen LogP contribution < -0.4 is 5.32 Å². The van der Waals surface area contributed by atoms with Crippen LogP contribution in [0.1, 0.15) is 12.5 Å². The molecule has 2 atom stereocenters. The minimum absolute atomic E-state index is 0.307. The molecule has 0 bridgehead atoms. The van der Waals surface area contributed by atoms with Crippen molar-refractivity contribution in [3.05, 3.63) is 129 Å². The molecule has 0 heterocycles. The first-order valence-corrected chi connectivity index (χ1v) is 8.71. The number of carbonyl (C=O) groups is 1. The van der Waals surface area contributed by atoms with Crippen molar-refractivity contribution in [1.29, 1.82) is 0 Å². The molecule has 0 unspecified atom stereocenters. The van der Waals surface area contributed by atoms with Gasteiger partial charge in [-0.1, -0.05) is 41.8 Å². The Hall–Kier alpha value is -4.73. The highest BCUT2D eigenvalue weighted by molar-refractivity contribution is 5.91. The van der Waals surface area contributed by atoms with E-state index in [9.17, 15) is 9.90 Å². The molecule has 0 saturated carbocycles. The van der Waals surface area contributed by atoms with Gasteiger partial charge in [-0.05, 0) is 94.3 Å². The Balaban J connectivity index is 2.77. The molecule has 0 aliphatic heterocycles. The van der Waals surface area contributed by atoms with Crippen LogP contribution in [-0.4, -0.2) is 23.2 Å². The van der Waals surface area contributed by atoms with Crippen molar-refractivity contribution in [2.24, 2.45) is 0 Å². The molecule has 1 aromatic rings. The number of hydrogen-bond acceptors (Lipinski definition) is 2. The van der Waals surface area contributed by atoms with Gasteiger partial charge in [0.05, 0.1) is 12.1 Å². The van der Waals surface area contributed by atoms with E-state index in [4.69, 9.17) is 0 Å². The normalized spacial score (nSPS) is 9.80. The molecule has 0 spiro atoms. The quantitative estimate of drug-likeness (QED) is 0.597. The van der Waals surface area contributed by atoms with Crippen LogP contribution in [0.3, 0.4) is 0 Å². The van der Waals surface area contributed by atoms with Crippen LogP contribution >= 0.6 is 0 Å². The summed E-state index contributed by atoms with van der Waals surface area (Å²) in [6.07, 6.45) is 3.52. The van der Waals surface area contributed by atoms with Crippen molar-refractivity contribution in [2.45, 2.75) is 19.1 Å². The summed E-state index contributed by atoms with van der Waals surface area (Å²) in [6, 6.07) is 8.93. The molecule has 0 aliphatic rings. The van der Waals surface area contributed by atoms with Crippen LogP contribution in [0.25, 0.3) is 6.08 Å². The first kappa shape index (κ1) is 23.3. The van der Waals surface area contributed by atoms with Crippen LogP contribution in [0.5, 0.6) is 0 Å². The minimum atomic E-state index is -0.939. The molecular weight excluding hydrogens is 370 g/mol. The minimum Gasteiger partial charge on any atom is -0.386 e. The van der Waals surface area contributed by atoms with Crippen LogP contribution in [0.2, 0.25) is 0 Å². The van der Waals surface area contributed by atoms with Crippen molar-refractivity contribution >= 4 is 12.0 Å². The van der Waals surface area contributed by atoms with Crippen molar-refractivity contribution in [2.75, 3.05) is 0 Å². The average molecular weight is 387 g/mol. The molecule has 2 N–H and O–H groups in total. The number of hydrogen-bond donors (Lipinski definition) is 2. The third-order valence-corrected chi connectivity index (χ3v) is 3.15. The fourth-order valence-electron chi connectivity index (χ4n) is 1.73. The molecule has 1 aromatic carbocycles. The van der Waals surface area contributed by atoms with E-state index in [0.29, 0.717) is 0 Å². The Labute approximate surface area is 175 Å². The molecule has 142 valence electrons. The molecule has 1 amide bonds. The van der Waals surface area contributed by atoms with E-state index in [1.54, 1.807) is 13.0 Å². The summed E-state index contributed by atoms with van der Waals surface area (Å²) in [6.45, 7) is 4.99. The summed E-state index contributed by atoms with van der Waals surface area (Å²) < 4.78 is 0. The van der Waals surface area contributed by atoms with E-state index in [2.05, 4.69) is 86.4 Å². The van der Waals surface area contributed by atoms with Gasteiger partial charge in [-0.3, -0.25) is 4.79 Å². The zero-order chi connectivity index (χ0) is 21.9. The lowest BCUT2D eigenvalue weighted by Gasteiger charge is -2.15. The van der Waals surface area contributed by atoms with Gasteiger partial charge in [0.15, 0.2) is 0 Å². The van der Waals surface area contributed by atoms with Gasteiger partial charge >= 0.3 is 0 Å². The number of nitrogens with one attached hydrogen (secondary N) is 1. The first-order chi connectivity index (χ1) is 14.6. The van der Waals surface area contributed by atoms with Gasteiger partial charge < -0.3 is 10.4 Å². The Kier molecular flexibility index (Phi) is 11.9. The van der Waals surface area contributed by atoms with Crippen LogP contribution in [-0.2, 0) is 4.79 Å². The maximum absolute atomic E-state index is 11.9. The molecule has 0 radical (unpaired) electrons. The largest absolute Gasteiger partial charge is 0.386 e. The fraction of sp³-hybridized carbons (Fsp3) is 0.111. The van der Waals surface area contributed by atoms with Gasteiger partial charge in [0.2, 0.25) is 5.91 Å². The molecule has 0 saturated heterocycles. The molecule has 3 heteroatoms. The van der Waals surface area contributed by atoms with Crippen molar-refractivity contribution in [3.63, 3.8) is 0 Å². The molecule has 0 fully saturated rings. The monoisotopic (exact) mass is 387 g/mol. The zero-order valence-corrected chi connectivity index (χ0v) is 16.3. The Morgan fingerprint density at radius 3 is 2.03 bits per heavy atom. The van der Waals surface area contributed by atoms with Gasteiger partial charge in [0.1, 0.15) is 0 Å². The van der Waals surface area contributed by atoms with E-state index in [0.717, 1.165) is 5.56 Å². The third-order valence-electron chi connectivity index (χ3n) is 3.15. The Morgan fingerprint density at radius 2 is 1.47 bits per heavy atom. The van der Waals surface area contributed by atoms with Crippen molar-refractivity contribution < 1.29 is 9.90 Å². The topological polar surface area (TPSA) is 49.3 Å². The second kappa shape index (κ2) is 15.3. The number of amides is 1. The highest BCUT2D eigenvalue weighted by atomic mass is 16.3. The summed E-state index contributed by atoms with van der Waals surface area (Å²) in [5.74, 6) is -0.307. The summed E-state index contributed by atoms with van der Waals surface area (Å²) in [5.41, 5.74) is 33.3. The number of rotatable bonds is 5. The number of aliphatic hydroxyl groups is 1. The molecule has 3 nitrogen and oxygen atoms in total. The van der Waals surface area contributed by atoms with Gasteiger partial charge in [0, 0.05) is 6.08 Å². The van der Waals surface area contributed by atoms with Crippen molar-refractivity contribution in [3.8, 4) is 0 Å². The second-order valence-electron chi connectivity index (χ2n) is 5.39. The average Bonchev–Trinajstić information content (AvgIpc) is 2.76. The van der Waals surface area contributed by atoms with Gasteiger partial charge in [-0.15, -0.1) is 0 Å². The lowest BCUT2D eigenvalue weighted by Crippen LogP contribution is -2.39. The second-order valence-corrected chi connectivity index (χ2v) is 5.39. The molecule has 0 aromatic heterocycles. The molecule has 30 heavy (non-hydrogen) atoms. The SMILES string of the molecule is C=C=C=C=C=C=C=C=C=C=C=C=C=C=C[C@H](O)[C@H](C)NC(=O)/C=C/c1ccccc1. The highest BCUT2D eigenvalue weighted by Crippen LogP contribution is 2.01. The fourth-order valence-corrected chi connectivity index (χ4v) is 1.73. The van der Waals surface area contributed by atoms with E-state index < -0.39 is 12.1 Å². The van der Waals surface area contributed by atoms with Gasteiger partial charge in [-0.2, -0.15) is 0 Å². The van der Waals surface area contributed by atoms with Gasteiger partial charge in [-0.25, -0.2) is 0 Å². The van der Waals surface area contributed by atoms with Gasteiger partial charge in [0.25, 0.3) is 0 Å². The predicted molar refractivity (Wildman–Crippen MR) is 115 cm³/mol. The highest BCUT2D eigenvalue weighted by Gasteiger charge is 2.12. The number of benzene rings is 1. The van der Waals surface area contributed by atoms with Crippen molar-refractivity contribution in [1.82, 2.24) is 5.32 Å². The predicted octanol–water partition coefficient (Wildman–Crippen LogP) is 3.77. The third kappa shape index (κ3) is 11.8. The molecule has 0 aliphatic carbocycles. The lowest BCUT2D eigenvalue weighted by molar-refractivity contribution is -0.117. The smallest absolute Gasteiger partial charge is 0.244 e. The van der Waals surface area contributed by atoms with Crippen LogP contribution in [0, 0.1) is 0 Å². The van der Waals surface area contributed by atoms with Crippen LogP contribution in [0.4, 0.5) is 0 Å². The standard InChI is InChI=1S/C27H17NO2/c1-3-4-5-6-7-8-9-10-11-12-13-14-18-21-26(29)24(2)28-27(30)23-22-25-19-16-15-17-20-25/h15-17,19-24,26,29H,1H2,2H3,(H,28,30)/b23-22+/t24-,26-/m0/s1. The van der Waals surface area contributed by atoms with E-state index in [-0.39, 0.29) is 5.91 Å². The number of carbonyl (C=O) groups excluding carboxylic acids is 1. The van der Waals surface area contributed by atoms with E-state index in [1.165, 1.54) is 12.2 Å². The summed E-state index contributed by atoms with van der Waals surface area (Å²) in [4.78, 5) is 11.9. The summed E-state index contributed by atoms with van der Waals surface area (Å²) >= 11 is 0. The first-order valence-electron chi connectivity index (χ1n) is 8.71. The van der Waals surface area contributed by atoms with Crippen LogP contribution in [0.15, 0.2) is 124 Å². The Morgan fingerprint density at radius 1 is 0.933 bits per heavy atom.